The summed E-state index contributed by atoms with van der Waals surface area (Å²) in [4.78, 5) is 25.1. The molecule has 0 spiro atoms. The highest BCUT2D eigenvalue weighted by molar-refractivity contribution is 7.16. The van der Waals surface area contributed by atoms with Crippen LogP contribution in [0.3, 0.4) is 0 Å². The first kappa shape index (κ1) is 17.5. The van der Waals surface area contributed by atoms with Gasteiger partial charge in [0.15, 0.2) is 0 Å². The zero-order valence-electron chi connectivity index (χ0n) is 15.3. The molecular formula is C19H21N5O2S. The van der Waals surface area contributed by atoms with Crippen molar-refractivity contribution in [2.24, 2.45) is 0 Å². The summed E-state index contributed by atoms with van der Waals surface area (Å²) in [6.45, 7) is 1.30. The van der Waals surface area contributed by atoms with Gasteiger partial charge in [-0.25, -0.2) is 14.8 Å². The van der Waals surface area contributed by atoms with Crippen LogP contribution in [0.15, 0.2) is 42.0 Å². The first-order chi connectivity index (χ1) is 13.1. The normalized spacial score (nSPS) is 16.5. The number of aromatic nitrogens is 2. The van der Waals surface area contributed by atoms with Crippen LogP contribution in [0.25, 0.3) is 10.2 Å². The van der Waals surface area contributed by atoms with Crippen molar-refractivity contribution in [3.8, 4) is 5.75 Å². The molecule has 4 rings (SSSR count). The number of carbonyl (C=O) groups excluding carboxylic acids is 1. The van der Waals surface area contributed by atoms with Gasteiger partial charge in [-0.2, -0.15) is 0 Å². The van der Waals surface area contributed by atoms with E-state index in [4.69, 9.17) is 4.74 Å². The van der Waals surface area contributed by atoms with E-state index in [1.165, 1.54) is 0 Å². The van der Waals surface area contributed by atoms with E-state index in [9.17, 15) is 4.79 Å². The lowest BCUT2D eigenvalue weighted by molar-refractivity contribution is 0.168. The largest absolute Gasteiger partial charge is 0.486 e. The summed E-state index contributed by atoms with van der Waals surface area (Å²) in [5.74, 6) is 1.51. The van der Waals surface area contributed by atoms with Crippen molar-refractivity contribution in [2.75, 3.05) is 32.5 Å². The number of para-hydroxylation sites is 2. The molecule has 2 amide bonds. The number of ether oxygens (including phenoxy) is 1. The first-order valence-electron chi connectivity index (χ1n) is 8.79. The Morgan fingerprint density at radius 2 is 2.15 bits per heavy atom. The molecule has 1 unspecified atom stereocenters. The number of nitrogens with zero attached hydrogens (tertiary/aromatic N) is 4. The van der Waals surface area contributed by atoms with E-state index in [2.05, 4.69) is 15.3 Å². The maximum Gasteiger partial charge on any atom is 0.319 e. The number of urea groups is 1. The van der Waals surface area contributed by atoms with Gasteiger partial charge in [0.2, 0.25) is 0 Å². The Labute approximate surface area is 161 Å². The summed E-state index contributed by atoms with van der Waals surface area (Å²) in [7, 11) is 3.53. The Morgan fingerprint density at radius 1 is 1.30 bits per heavy atom. The van der Waals surface area contributed by atoms with E-state index < -0.39 is 0 Å². The molecule has 3 heterocycles. The molecule has 1 N–H and O–H groups in total. The van der Waals surface area contributed by atoms with Crippen molar-refractivity contribution in [3.05, 3.63) is 42.0 Å². The van der Waals surface area contributed by atoms with Gasteiger partial charge < -0.3 is 19.9 Å². The molecule has 1 saturated heterocycles. The van der Waals surface area contributed by atoms with E-state index >= 15 is 0 Å². The molecule has 1 aromatic carbocycles. The zero-order chi connectivity index (χ0) is 18.8. The molecule has 0 bridgehead atoms. The number of thiophene rings is 1. The van der Waals surface area contributed by atoms with Crippen molar-refractivity contribution in [1.82, 2.24) is 19.8 Å². The molecule has 0 aliphatic carbocycles. The monoisotopic (exact) mass is 383 g/mol. The summed E-state index contributed by atoms with van der Waals surface area (Å²) in [5, 5.41) is 6.36. The fourth-order valence-electron chi connectivity index (χ4n) is 3.15. The summed E-state index contributed by atoms with van der Waals surface area (Å²) in [6, 6.07) is 9.83. The van der Waals surface area contributed by atoms with Gasteiger partial charge in [-0.3, -0.25) is 0 Å². The number of hydrogen-bond acceptors (Lipinski definition) is 6. The molecule has 27 heavy (non-hydrogen) atoms. The second kappa shape index (κ2) is 7.40. The molecule has 1 atom stereocenters. The minimum absolute atomic E-state index is 0.0216. The van der Waals surface area contributed by atoms with Crippen molar-refractivity contribution >= 4 is 39.1 Å². The van der Waals surface area contributed by atoms with Crippen molar-refractivity contribution < 1.29 is 9.53 Å². The lowest BCUT2D eigenvalue weighted by Crippen LogP contribution is -2.38. The maximum absolute atomic E-state index is 12.1. The number of carbonyl (C=O) groups is 1. The highest BCUT2D eigenvalue weighted by atomic mass is 32.1. The van der Waals surface area contributed by atoms with E-state index in [1.807, 2.05) is 40.6 Å². The molecular weight excluding hydrogens is 362 g/mol. The SMILES string of the molecule is CN(C)C(=O)N1CCC(Oc2ccccc2Nc2ncnc3sccc23)C1. The minimum atomic E-state index is -0.0246. The number of fused-ring (bicyclic) bond motifs is 1. The Kier molecular flexibility index (Phi) is 4.81. The van der Waals surface area contributed by atoms with E-state index in [0.717, 1.165) is 33.9 Å². The van der Waals surface area contributed by atoms with Crippen LogP contribution >= 0.6 is 11.3 Å². The van der Waals surface area contributed by atoms with Crippen LogP contribution in [-0.2, 0) is 0 Å². The average molecular weight is 383 g/mol. The zero-order valence-corrected chi connectivity index (χ0v) is 16.1. The summed E-state index contributed by atoms with van der Waals surface area (Å²) in [6.07, 6.45) is 2.35. The van der Waals surface area contributed by atoms with Crippen LogP contribution < -0.4 is 10.1 Å². The number of amides is 2. The molecule has 8 heteroatoms. The van der Waals surface area contributed by atoms with E-state index in [-0.39, 0.29) is 12.1 Å². The standard InChI is InChI=1S/C19H21N5O2S/c1-23(2)19(25)24-9-7-13(11-24)26-16-6-4-3-5-15(16)22-17-14-8-10-27-18(14)21-12-20-17/h3-6,8,10,12-13H,7,9,11H2,1-2H3,(H,20,21,22). The molecule has 2 aromatic heterocycles. The molecule has 7 nitrogen and oxygen atoms in total. The highest BCUT2D eigenvalue weighted by Gasteiger charge is 2.29. The van der Waals surface area contributed by atoms with Crippen molar-refractivity contribution in [1.29, 1.82) is 0 Å². The van der Waals surface area contributed by atoms with E-state index in [1.54, 1.807) is 36.7 Å². The quantitative estimate of drug-likeness (QED) is 0.746. The molecule has 0 radical (unpaired) electrons. The van der Waals surface area contributed by atoms with Crippen LogP contribution in [0, 0.1) is 0 Å². The molecule has 1 fully saturated rings. The fourth-order valence-corrected chi connectivity index (χ4v) is 3.88. The van der Waals surface area contributed by atoms with Crippen LogP contribution in [0.4, 0.5) is 16.3 Å². The second-order valence-corrected chi connectivity index (χ2v) is 7.53. The smallest absolute Gasteiger partial charge is 0.319 e. The van der Waals surface area contributed by atoms with Crippen molar-refractivity contribution in [2.45, 2.75) is 12.5 Å². The van der Waals surface area contributed by atoms with Gasteiger partial charge in [0, 0.05) is 27.1 Å². The van der Waals surface area contributed by atoms with Gasteiger partial charge in [0.1, 0.15) is 28.8 Å². The number of anilines is 2. The summed E-state index contributed by atoms with van der Waals surface area (Å²) in [5.41, 5.74) is 0.848. The van der Waals surface area contributed by atoms with Gasteiger partial charge >= 0.3 is 6.03 Å². The predicted octanol–water partition coefficient (Wildman–Crippen LogP) is 3.57. The topological polar surface area (TPSA) is 70.6 Å². The number of rotatable bonds is 4. The van der Waals surface area contributed by atoms with Gasteiger partial charge in [-0.1, -0.05) is 12.1 Å². The van der Waals surface area contributed by atoms with Gasteiger partial charge in [0.05, 0.1) is 17.6 Å². The Balaban J connectivity index is 1.51. The number of benzene rings is 1. The maximum atomic E-state index is 12.1. The summed E-state index contributed by atoms with van der Waals surface area (Å²) >= 11 is 1.58. The third-order valence-corrected chi connectivity index (χ3v) is 5.31. The minimum Gasteiger partial charge on any atom is -0.486 e. The second-order valence-electron chi connectivity index (χ2n) is 6.63. The van der Waals surface area contributed by atoms with Crippen LogP contribution in [0.1, 0.15) is 6.42 Å². The fraction of sp³-hybridized carbons (Fsp3) is 0.316. The first-order valence-corrected chi connectivity index (χ1v) is 9.67. The molecule has 0 saturated carbocycles. The molecule has 3 aromatic rings. The van der Waals surface area contributed by atoms with Crippen LogP contribution in [-0.4, -0.2) is 59.1 Å². The number of hydrogen-bond donors (Lipinski definition) is 1. The van der Waals surface area contributed by atoms with Gasteiger partial charge in [0.25, 0.3) is 0 Å². The lowest BCUT2D eigenvalue weighted by atomic mass is 10.2. The van der Waals surface area contributed by atoms with Gasteiger partial charge in [-0.15, -0.1) is 11.3 Å². The molecule has 1 aliphatic rings. The lowest BCUT2D eigenvalue weighted by Gasteiger charge is -2.22. The average Bonchev–Trinajstić information content (AvgIpc) is 3.32. The molecule has 1 aliphatic heterocycles. The van der Waals surface area contributed by atoms with Gasteiger partial charge in [-0.05, 0) is 23.6 Å². The van der Waals surface area contributed by atoms with Crippen LogP contribution in [0.5, 0.6) is 5.75 Å². The Bertz CT molecular complexity index is 958. The number of nitrogens with one attached hydrogen (secondary N) is 1. The Morgan fingerprint density at radius 3 is 3.00 bits per heavy atom. The predicted molar refractivity (Wildman–Crippen MR) is 107 cm³/mol. The third-order valence-electron chi connectivity index (χ3n) is 4.49. The summed E-state index contributed by atoms with van der Waals surface area (Å²) < 4.78 is 6.22. The molecule has 140 valence electrons. The van der Waals surface area contributed by atoms with Crippen LogP contribution in [0.2, 0.25) is 0 Å². The highest BCUT2D eigenvalue weighted by Crippen LogP contribution is 2.32. The van der Waals surface area contributed by atoms with E-state index in [0.29, 0.717) is 13.1 Å². The Hall–Kier alpha value is -2.87. The third kappa shape index (κ3) is 3.66. The van der Waals surface area contributed by atoms with Crippen molar-refractivity contribution in [3.63, 3.8) is 0 Å². The number of likely N-dealkylation sites (tertiary alicyclic amines) is 1.